The van der Waals surface area contributed by atoms with Crippen LogP contribution in [0.1, 0.15) is 0 Å². The maximum atomic E-state index is 11.7. The number of hydrogen-bond donors (Lipinski definition) is 0. The van der Waals surface area contributed by atoms with Crippen LogP contribution >= 0.6 is 31.9 Å². The second kappa shape index (κ2) is 5.50. The minimum Gasteiger partial charge on any atom is -0.422 e. The number of hydrogen-bond acceptors (Lipinski definition) is 3. The van der Waals surface area contributed by atoms with Crippen molar-refractivity contribution in [3.05, 3.63) is 49.7 Å². The molecule has 0 bridgehead atoms. The first-order chi connectivity index (χ1) is 8.50. The number of benzene rings is 1. The van der Waals surface area contributed by atoms with E-state index in [0.717, 1.165) is 10.0 Å². The van der Waals surface area contributed by atoms with E-state index in [4.69, 9.17) is 4.42 Å². The molecule has 0 aliphatic carbocycles. The summed E-state index contributed by atoms with van der Waals surface area (Å²) in [6.45, 7) is 0. The van der Waals surface area contributed by atoms with E-state index in [0.29, 0.717) is 10.7 Å². The zero-order valence-corrected chi connectivity index (χ0v) is 13.3. The van der Waals surface area contributed by atoms with Gasteiger partial charge in [0.05, 0.1) is 15.7 Å². The van der Waals surface area contributed by atoms with Crippen LogP contribution in [0.25, 0.3) is 11.3 Å². The predicted molar refractivity (Wildman–Crippen MR) is 78.1 cm³/mol. The van der Waals surface area contributed by atoms with Gasteiger partial charge in [-0.3, -0.25) is 4.21 Å². The predicted octanol–water partition coefficient (Wildman–Crippen LogP) is 3.57. The van der Waals surface area contributed by atoms with Gasteiger partial charge in [0.15, 0.2) is 0 Å². The second-order valence-corrected chi connectivity index (χ2v) is 6.51. The van der Waals surface area contributed by atoms with Crippen LogP contribution in [-0.2, 0) is 10.8 Å². The molecule has 0 fully saturated rings. The molecule has 0 amide bonds. The fourth-order valence-corrected chi connectivity index (χ4v) is 3.43. The summed E-state index contributed by atoms with van der Waals surface area (Å²) in [6, 6.07) is 8.98. The second-order valence-electron chi connectivity index (χ2n) is 3.51. The monoisotopic (exact) mass is 390 g/mol. The highest BCUT2D eigenvalue weighted by molar-refractivity contribution is 9.10. The van der Waals surface area contributed by atoms with Crippen LogP contribution in [0.2, 0.25) is 0 Å². The number of halogens is 2. The van der Waals surface area contributed by atoms with Crippen LogP contribution in [0.15, 0.2) is 53.4 Å². The van der Waals surface area contributed by atoms with Crippen molar-refractivity contribution in [2.24, 2.45) is 0 Å². The molecule has 2 aromatic rings. The van der Waals surface area contributed by atoms with E-state index in [1.54, 1.807) is 6.07 Å². The van der Waals surface area contributed by atoms with Crippen LogP contribution in [0, 0.1) is 0 Å². The van der Waals surface area contributed by atoms with Gasteiger partial charge in [-0.2, -0.15) is 0 Å². The standard InChI is InChI=1S/C12H8Br2O3S/c1-18(16)10-6-9(17-12(15)11(10)14)7-4-2-3-5-8(7)13/h2-6H,1H3. The van der Waals surface area contributed by atoms with Gasteiger partial charge >= 0.3 is 5.63 Å². The van der Waals surface area contributed by atoms with Crippen LogP contribution in [0.3, 0.4) is 0 Å². The van der Waals surface area contributed by atoms with E-state index in [1.165, 1.54) is 6.26 Å². The molecule has 1 heterocycles. The van der Waals surface area contributed by atoms with Crippen molar-refractivity contribution in [1.29, 1.82) is 0 Å². The summed E-state index contributed by atoms with van der Waals surface area (Å²) in [4.78, 5) is 12.1. The molecule has 1 aromatic carbocycles. The van der Waals surface area contributed by atoms with E-state index in [-0.39, 0.29) is 4.47 Å². The number of rotatable bonds is 2. The van der Waals surface area contributed by atoms with Crippen molar-refractivity contribution in [1.82, 2.24) is 0 Å². The van der Waals surface area contributed by atoms with Gasteiger partial charge in [0, 0.05) is 16.3 Å². The molecule has 18 heavy (non-hydrogen) atoms. The zero-order valence-electron chi connectivity index (χ0n) is 9.28. The Bertz CT molecular complexity index is 679. The summed E-state index contributed by atoms with van der Waals surface area (Å²) in [5, 5.41) is 0. The van der Waals surface area contributed by atoms with E-state index in [2.05, 4.69) is 31.9 Å². The lowest BCUT2D eigenvalue weighted by atomic mass is 10.2. The van der Waals surface area contributed by atoms with Crippen molar-refractivity contribution in [3.8, 4) is 11.3 Å². The molecule has 0 aliphatic heterocycles. The Morgan fingerprint density at radius 3 is 2.50 bits per heavy atom. The van der Waals surface area contributed by atoms with Crippen molar-refractivity contribution in [2.75, 3.05) is 6.26 Å². The topological polar surface area (TPSA) is 47.3 Å². The fourth-order valence-electron chi connectivity index (χ4n) is 1.46. The average Bonchev–Trinajstić information content (AvgIpc) is 2.33. The summed E-state index contributed by atoms with van der Waals surface area (Å²) in [5.74, 6) is 0.390. The van der Waals surface area contributed by atoms with Crippen molar-refractivity contribution < 1.29 is 8.63 Å². The Morgan fingerprint density at radius 1 is 1.22 bits per heavy atom. The smallest absolute Gasteiger partial charge is 0.351 e. The van der Waals surface area contributed by atoms with Gasteiger partial charge in [-0.1, -0.05) is 34.1 Å². The van der Waals surface area contributed by atoms with Crippen LogP contribution in [0.4, 0.5) is 0 Å². The molecule has 1 atom stereocenters. The minimum atomic E-state index is -1.26. The zero-order chi connectivity index (χ0) is 13.3. The average molecular weight is 392 g/mol. The van der Waals surface area contributed by atoms with Crippen molar-refractivity contribution in [2.45, 2.75) is 4.90 Å². The molecule has 0 spiro atoms. The molecule has 0 N–H and O–H groups in total. The van der Waals surface area contributed by atoms with Crippen molar-refractivity contribution in [3.63, 3.8) is 0 Å². The quantitative estimate of drug-likeness (QED) is 0.786. The van der Waals surface area contributed by atoms with Crippen LogP contribution in [0.5, 0.6) is 0 Å². The first kappa shape index (κ1) is 13.7. The first-order valence-corrected chi connectivity index (χ1v) is 8.07. The molecular weight excluding hydrogens is 384 g/mol. The molecule has 2 rings (SSSR count). The van der Waals surface area contributed by atoms with E-state index >= 15 is 0 Å². The third-order valence-electron chi connectivity index (χ3n) is 2.31. The Balaban J connectivity index is 2.71. The Kier molecular flexibility index (Phi) is 4.19. The molecule has 3 nitrogen and oxygen atoms in total. The maximum Gasteiger partial charge on any atom is 0.351 e. The van der Waals surface area contributed by atoms with Gasteiger partial charge in [-0.05, 0) is 28.1 Å². The lowest BCUT2D eigenvalue weighted by Crippen LogP contribution is -2.05. The third-order valence-corrected chi connectivity index (χ3v) is 4.96. The highest BCUT2D eigenvalue weighted by atomic mass is 79.9. The molecule has 1 aromatic heterocycles. The third kappa shape index (κ3) is 2.65. The van der Waals surface area contributed by atoms with Gasteiger partial charge in [0.2, 0.25) is 0 Å². The van der Waals surface area contributed by atoms with Gasteiger partial charge in [-0.15, -0.1) is 0 Å². The van der Waals surface area contributed by atoms with Gasteiger partial charge < -0.3 is 4.42 Å². The Hall–Kier alpha value is -0.720. The van der Waals surface area contributed by atoms with Crippen LogP contribution < -0.4 is 5.63 Å². The van der Waals surface area contributed by atoms with Crippen LogP contribution in [-0.4, -0.2) is 10.5 Å². The molecule has 0 saturated carbocycles. The summed E-state index contributed by atoms with van der Waals surface area (Å²) in [6.07, 6.45) is 1.52. The normalized spacial score (nSPS) is 12.4. The highest BCUT2D eigenvalue weighted by Gasteiger charge is 2.14. The highest BCUT2D eigenvalue weighted by Crippen LogP contribution is 2.29. The molecule has 94 valence electrons. The summed E-state index contributed by atoms with van der Waals surface area (Å²) in [7, 11) is -1.26. The largest absolute Gasteiger partial charge is 0.422 e. The molecular formula is C12H8Br2O3S. The van der Waals surface area contributed by atoms with E-state index < -0.39 is 16.4 Å². The van der Waals surface area contributed by atoms with Crippen molar-refractivity contribution >= 4 is 42.7 Å². The van der Waals surface area contributed by atoms with Gasteiger partial charge in [-0.25, -0.2) is 4.79 Å². The molecule has 0 radical (unpaired) electrons. The maximum absolute atomic E-state index is 11.7. The summed E-state index contributed by atoms with van der Waals surface area (Å²) >= 11 is 6.48. The lowest BCUT2D eigenvalue weighted by Gasteiger charge is -2.05. The van der Waals surface area contributed by atoms with Gasteiger partial charge in [0.1, 0.15) is 10.2 Å². The summed E-state index contributed by atoms with van der Waals surface area (Å²) < 4.78 is 17.8. The summed E-state index contributed by atoms with van der Waals surface area (Å²) in [5.41, 5.74) is 0.210. The lowest BCUT2D eigenvalue weighted by molar-refractivity contribution is 0.515. The fraction of sp³-hybridized carbons (Fsp3) is 0.0833. The first-order valence-electron chi connectivity index (χ1n) is 4.92. The Morgan fingerprint density at radius 2 is 1.89 bits per heavy atom. The molecule has 1 unspecified atom stereocenters. The minimum absolute atomic E-state index is 0.208. The molecule has 0 saturated heterocycles. The van der Waals surface area contributed by atoms with E-state index in [1.807, 2.05) is 24.3 Å². The Labute approximate surface area is 123 Å². The van der Waals surface area contributed by atoms with E-state index in [9.17, 15) is 9.00 Å². The SMILES string of the molecule is CS(=O)c1cc(-c2ccccc2Br)oc(=O)c1Br. The molecule has 6 heteroatoms. The molecule has 0 aliphatic rings. The van der Waals surface area contributed by atoms with Gasteiger partial charge in [0.25, 0.3) is 0 Å².